The molecule has 0 atom stereocenters. The van der Waals surface area contributed by atoms with E-state index in [0.29, 0.717) is 17.3 Å². The Bertz CT molecular complexity index is 1000. The number of aromatic nitrogens is 1. The Morgan fingerprint density at radius 2 is 1.66 bits per heavy atom. The van der Waals surface area contributed by atoms with Gasteiger partial charge in [-0.05, 0) is 58.7 Å². The van der Waals surface area contributed by atoms with Gasteiger partial charge in [-0.25, -0.2) is 19.4 Å². The van der Waals surface area contributed by atoms with E-state index in [9.17, 15) is 14.4 Å². The number of urea groups is 1. The summed E-state index contributed by atoms with van der Waals surface area (Å²) in [4.78, 5) is 38.7. The Hall–Kier alpha value is -3.34. The lowest BCUT2D eigenvalue weighted by molar-refractivity contribution is 0.125. The first-order chi connectivity index (χ1) is 16.5. The molecule has 0 unspecified atom stereocenters. The molecule has 1 heterocycles. The second-order valence-corrected chi connectivity index (χ2v) is 9.77. The van der Waals surface area contributed by atoms with E-state index in [1.54, 1.807) is 51.2 Å². The second-order valence-electron chi connectivity index (χ2n) is 8.71. The number of thiazole rings is 1. The average molecular weight is 506 g/mol. The Morgan fingerprint density at radius 3 is 2.20 bits per heavy atom. The highest BCUT2D eigenvalue weighted by atomic mass is 32.1. The van der Waals surface area contributed by atoms with Gasteiger partial charge in [-0.1, -0.05) is 19.3 Å². The summed E-state index contributed by atoms with van der Waals surface area (Å²) in [6.45, 7) is 7.03. The fraction of sp³-hybridized carbons (Fsp3) is 0.500. The van der Waals surface area contributed by atoms with Crippen molar-refractivity contribution in [2.45, 2.75) is 77.9 Å². The van der Waals surface area contributed by atoms with E-state index in [4.69, 9.17) is 10.5 Å². The molecule has 1 aromatic heterocycles. The number of primary amides is 2. The number of rotatable bonds is 6. The van der Waals surface area contributed by atoms with Crippen LogP contribution in [-0.4, -0.2) is 35.4 Å². The Balaban J connectivity index is 0.000000540. The highest BCUT2D eigenvalue weighted by Crippen LogP contribution is 2.40. The molecule has 10 nitrogen and oxygen atoms in total. The number of nitrogens with one attached hydrogen (secondary N) is 2. The highest BCUT2D eigenvalue weighted by Gasteiger charge is 2.20. The second kappa shape index (κ2) is 13.5. The van der Waals surface area contributed by atoms with Gasteiger partial charge in [-0.2, -0.15) is 0 Å². The van der Waals surface area contributed by atoms with Gasteiger partial charge in [0, 0.05) is 23.4 Å². The summed E-state index contributed by atoms with van der Waals surface area (Å²) < 4.78 is 9.48. The fourth-order valence-electron chi connectivity index (χ4n) is 3.62. The SMILES string of the molecule is CC(C)OC(=O)Nc1ccc(-c2cnc(C3CCCCC3)s2)c(NC(N)=O)c1.CC(C)OC(N)=O. The van der Waals surface area contributed by atoms with Crippen LogP contribution in [0.25, 0.3) is 10.4 Å². The van der Waals surface area contributed by atoms with E-state index in [2.05, 4.69) is 26.1 Å². The maximum Gasteiger partial charge on any atom is 0.411 e. The van der Waals surface area contributed by atoms with E-state index >= 15 is 0 Å². The zero-order valence-electron chi connectivity index (χ0n) is 20.6. The van der Waals surface area contributed by atoms with Crippen LogP contribution in [-0.2, 0) is 9.47 Å². The standard InChI is InChI=1S/C20H26N4O3S.C4H9NO2/c1-12(2)27-20(26)23-14-8-9-15(16(10-14)24-19(21)25)17-11-22-18(28-17)13-6-4-3-5-7-13;1-3(2)7-4(5)6/h8-13H,3-7H2,1-2H3,(H,23,26)(H3,21,24,25);3H,1-2H3,(H2,5,6). The minimum absolute atomic E-state index is 0.0995. The lowest BCUT2D eigenvalue weighted by atomic mass is 9.90. The van der Waals surface area contributed by atoms with Crippen molar-refractivity contribution in [1.29, 1.82) is 0 Å². The predicted molar refractivity (Wildman–Crippen MR) is 138 cm³/mol. The number of carbonyl (C=O) groups is 3. The van der Waals surface area contributed by atoms with Crippen LogP contribution < -0.4 is 22.1 Å². The molecule has 1 aliphatic carbocycles. The molecule has 2 aromatic rings. The van der Waals surface area contributed by atoms with E-state index < -0.39 is 18.2 Å². The molecule has 0 aliphatic heterocycles. The van der Waals surface area contributed by atoms with E-state index in [0.717, 1.165) is 15.4 Å². The molecule has 0 bridgehead atoms. The molecule has 1 saturated carbocycles. The fourth-order valence-corrected chi connectivity index (χ4v) is 4.74. The minimum atomic E-state index is -0.713. The summed E-state index contributed by atoms with van der Waals surface area (Å²) in [5, 5.41) is 6.44. The number of carbonyl (C=O) groups excluding carboxylic acids is 3. The van der Waals surface area contributed by atoms with Crippen LogP contribution in [0.1, 0.15) is 70.7 Å². The summed E-state index contributed by atoms with van der Waals surface area (Å²) in [7, 11) is 0. The number of ether oxygens (including phenoxy) is 2. The van der Waals surface area contributed by atoms with Crippen LogP contribution in [0.4, 0.5) is 25.8 Å². The van der Waals surface area contributed by atoms with Gasteiger partial charge in [0.25, 0.3) is 0 Å². The van der Waals surface area contributed by atoms with Crippen molar-refractivity contribution in [3.63, 3.8) is 0 Å². The zero-order chi connectivity index (χ0) is 26.0. The molecular formula is C24H35N5O5S. The van der Waals surface area contributed by atoms with E-state index in [1.165, 1.54) is 32.1 Å². The molecular weight excluding hydrogens is 470 g/mol. The van der Waals surface area contributed by atoms with Crippen molar-refractivity contribution >= 4 is 40.9 Å². The predicted octanol–water partition coefficient (Wildman–Crippen LogP) is 5.80. The quantitative estimate of drug-likeness (QED) is 0.388. The largest absolute Gasteiger partial charge is 0.447 e. The van der Waals surface area contributed by atoms with Gasteiger partial charge < -0.3 is 26.3 Å². The van der Waals surface area contributed by atoms with E-state index in [1.807, 2.05) is 12.3 Å². The molecule has 192 valence electrons. The van der Waals surface area contributed by atoms with Gasteiger partial charge in [-0.3, -0.25) is 5.32 Å². The van der Waals surface area contributed by atoms with Crippen molar-refractivity contribution in [3.8, 4) is 10.4 Å². The maximum atomic E-state index is 11.8. The summed E-state index contributed by atoms with van der Waals surface area (Å²) in [5.74, 6) is 0.520. The van der Waals surface area contributed by atoms with Gasteiger partial charge in [0.05, 0.1) is 27.8 Å². The molecule has 35 heavy (non-hydrogen) atoms. The number of benzene rings is 1. The number of amides is 4. The number of nitrogens with two attached hydrogens (primary N) is 2. The summed E-state index contributed by atoms with van der Waals surface area (Å²) in [5.41, 5.74) is 11.8. The molecule has 0 radical (unpaired) electrons. The van der Waals surface area contributed by atoms with Crippen LogP contribution in [0.2, 0.25) is 0 Å². The minimum Gasteiger partial charge on any atom is -0.447 e. The molecule has 3 rings (SSSR count). The molecule has 1 aromatic carbocycles. The third-order valence-corrected chi connectivity index (χ3v) is 6.15. The Kier molecular flexibility index (Phi) is 10.8. The van der Waals surface area contributed by atoms with Crippen molar-refractivity contribution in [1.82, 2.24) is 4.98 Å². The summed E-state index contributed by atoms with van der Waals surface area (Å²) >= 11 is 1.65. The van der Waals surface area contributed by atoms with Gasteiger partial charge >= 0.3 is 18.2 Å². The van der Waals surface area contributed by atoms with Crippen molar-refractivity contribution in [3.05, 3.63) is 29.4 Å². The number of hydrogen-bond donors (Lipinski definition) is 4. The number of anilines is 2. The van der Waals surface area contributed by atoms with Crippen LogP contribution in [0.15, 0.2) is 24.4 Å². The number of hydrogen-bond acceptors (Lipinski definition) is 7. The first-order valence-electron chi connectivity index (χ1n) is 11.7. The molecule has 0 saturated heterocycles. The van der Waals surface area contributed by atoms with Crippen molar-refractivity contribution in [2.24, 2.45) is 11.5 Å². The average Bonchev–Trinajstić information content (AvgIpc) is 3.23. The van der Waals surface area contributed by atoms with Crippen LogP contribution >= 0.6 is 11.3 Å². The smallest absolute Gasteiger partial charge is 0.411 e. The lowest BCUT2D eigenvalue weighted by Crippen LogP contribution is -2.20. The van der Waals surface area contributed by atoms with Gasteiger partial charge in [0.15, 0.2) is 0 Å². The molecule has 0 spiro atoms. The Labute approximate surface area is 209 Å². The van der Waals surface area contributed by atoms with Gasteiger partial charge in [0.1, 0.15) is 0 Å². The Morgan fingerprint density at radius 1 is 1.00 bits per heavy atom. The van der Waals surface area contributed by atoms with Crippen LogP contribution in [0, 0.1) is 0 Å². The van der Waals surface area contributed by atoms with Gasteiger partial charge in [-0.15, -0.1) is 11.3 Å². The first kappa shape index (κ1) is 27.9. The van der Waals surface area contributed by atoms with Gasteiger partial charge in [0.2, 0.25) is 0 Å². The molecule has 6 N–H and O–H groups in total. The first-order valence-corrected chi connectivity index (χ1v) is 12.5. The van der Waals surface area contributed by atoms with E-state index in [-0.39, 0.29) is 12.2 Å². The van der Waals surface area contributed by atoms with Crippen molar-refractivity contribution < 1.29 is 23.9 Å². The third kappa shape index (κ3) is 9.81. The summed E-state index contributed by atoms with van der Waals surface area (Å²) in [6.07, 6.45) is 6.42. The highest BCUT2D eigenvalue weighted by molar-refractivity contribution is 7.15. The monoisotopic (exact) mass is 505 g/mol. The van der Waals surface area contributed by atoms with Crippen molar-refractivity contribution in [2.75, 3.05) is 10.6 Å². The topological polar surface area (TPSA) is 159 Å². The van der Waals surface area contributed by atoms with Crippen LogP contribution in [0.5, 0.6) is 0 Å². The van der Waals surface area contributed by atoms with Crippen LogP contribution in [0.3, 0.4) is 0 Å². The zero-order valence-corrected chi connectivity index (χ0v) is 21.4. The molecule has 1 aliphatic rings. The number of nitrogens with zero attached hydrogens (tertiary/aromatic N) is 1. The maximum absolute atomic E-state index is 11.8. The normalized spacial score (nSPS) is 13.5. The lowest BCUT2D eigenvalue weighted by Gasteiger charge is -2.18. The summed E-state index contributed by atoms with van der Waals surface area (Å²) in [6, 6.07) is 4.61. The molecule has 4 amide bonds. The molecule has 11 heteroatoms. The third-order valence-electron chi connectivity index (χ3n) is 4.96. The molecule has 1 fully saturated rings.